The van der Waals surface area contributed by atoms with Crippen LogP contribution in [0.3, 0.4) is 0 Å². The molecular formula is C20H38N2O4. The molecule has 0 aromatic carbocycles. The number of ether oxygens (including phenoxy) is 2. The Morgan fingerprint density at radius 1 is 0.885 bits per heavy atom. The van der Waals surface area contributed by atoms with Crippen molar-refractivity contribution in [1.82, 2.24) is 4.90 Å². The second-order valence-electron chi connectivity index (χ2n) is 10.8. The van der Waals surface area contributed by atoms with E-state index in [2.05, 4.69) is 0 Å². The molecule has 26 heavy (non-hydrogen) atoms. The van der Waals surface area contributed by atoms with Gasteiger partial charge in [0.05, 0.1) is 5.41 Å². The summed E-state index contributed by atoms with van der Waals surface area (Å²) >= 11 is 0. The maximum Gasteiger partial charge on any atom is 0.411 e. The Bertz CT molecular complexity index is 535. The second-order valence-corrected chi connectivity index (χ2v) is 10.8. The van der Waals surface area contributed by atoms with Crippen LogP contribution >= 0.6 is 0 Å². The van der Waals surface area contributed by atoms with Gasteiger partial charge in [-0.2, -0.15) is 0 Å². The molecule has 152 valence electrons. The van der Waals surface area contributed by atoms with Gasteiger partial charge in [0, 0.05) is 17.6 Å². The number of esters is 1. The first-order chi connectivity index (χ1) is 11.4. The van der Waals surface area contributed by atoms with E-state index in [9.17, 15) is 9.59 Å². The molecule has 1 fully saturated rings. The number of carbonyl (C=O) groups is 2. The molecule has 6 heteroatoms. The number of hydrogen-bond donors (Lipinski definition) is 1. The molecule has 0 aromatic rings. The van der Waals surface area contributed by atoms with Crippen molar-refractivity contribution in [2.45, 2.75) is 104 Å². The molecule has 1 heterocycles. The number of amides is 1. The fraction of sp³-hybridized carbons (Fsp3) is 0.900. The van der Waals surface area contributed by atoms with Crippen LogP contribution < -0.4 is 5.73 Å². The van der Waals surface area contributed by atoms with Crippen molar-refractivity contribution < 1.29 is 19.1 Å². The minimum atomic E-state index is -0.835. The van der Waals surface area contributed by atoms with Crippen LogP contribution in [-0.4, -0.2) is 45.8 Å². The summed E-state index contributed by atoms with van der Waals surface area (Å²) in [6, 6.07) is 0. The fourth-order valence-corrected chi connectivity index (χ4v) is 4.26. The molecule has 1 aliphatic rings. The van der Waals surface area contributed by atoms with Gasteiger partial charge in [-0.05, 0) is 82.1 Å². The van der Waals surface area contributed by atoms with Crippen molar-refractivity contribution >= 4 is 12.1 Å². The van der Waals surface area contributed by atoms with Crippen molar-refractivity contribution in [2.24, 2.45) is 11.1 Å². The van der Waals surface area contributed by atoms with Gasteiger partial charge in [-0.1, -0.05) is 0 Å². The van der Waals surface area contributed by atoms with Crippen LogP contribution in [0.15, 0.2) is 0 Å². The number of hydrogen-bond acceptors (Lipinski definition) is 5. The lowest BCUT2D eigenvalue weighted by molar-refractivity contribution is -0.179. The zero-order valence-electron chi connectivity index (χ0n) is 18.3. The molecule has 2 N–H and O–H groups in total. The maximum absolute atomic E-state index is 13.0. The summed E-state index contributed by atoms with van der Waals surface area (Å²) in [5.41, 5.74) is 2.86. The summed E-state index contributed by atoms with van der Waals surface area (Å²) in [5.74, 6) is -0.294. The van der Waals surface area contributed by atoms with E-state index in [-0.39, 0.29) is 18.6 Å². The lowest BCUT2D eigenvalue weighted by Gasteiger charge is -2.58. The zero-order valence-corrected chi connectivity index (χ0v) is 18.3. The molecule has 0 radical (unpaired) electrons. The summed E-state index contributed by atoms with van der Waals surface area (Å²) in [5, 5.41) is 0. The van der Waals surface area contributed by atoms with Gasteiger partial charge in [0.2, 0.25) is 0 Å². The average molecular weight is 371 g/mol. The third-order valence-corrected chi connectivity index (χ3v) is 4.55. The molecule has 0 atom stereocenters. The molecule has 0 aliphatic carbocycles. The van der Waals surface area contributed by atoms with E-state index >= 15 is 0 Å². The quantitative estimate of drug-likeness (QED) is 0.746. The number of carbonyl (C=O) groups excluding carboxylic acids is 2. The van der Waals surface area contributed by atoms with Crippen molar-refractivity contribution in [3.63, 3.8) is 0 Å². The van der Waals surface area contributed by atoms with Crippen molar-refractivity contribution in [2.75, 3.05) is 6.54 Å². The van der Waals surface area contributed by atoms with E-state index in [0.717, 1.165) is 0 Å². The zero-order chi connectivity index (χ0) is 20.8. The topological polar surface area (TPSA) is 81.9 Å². The lowest BCUT2D eigenvalue weighted by atomic mass is 9.64. The molecular weight excluding hydrogens is 332 g/mol. The maximum atomic E-state index is 13.0. The molecule has 0 bridgehead atoms. The molecule has 1 amide bonds. The first-order valence-electron chi connectivity index (χ1n) is 9.32. The van der Waals surface area contributed by atoms with E-state index in [0.29, 0.717) is 12.8 Å². The monoisotopic (exact) mass is 370 g/mol. The van der Waals surface area contributed by atoms with Gasteiger partial charge >= 0.3 is 12.1 Å². The molecule has 1 saturated heterocycles. The largest absolute Gasteiger partial charge is 0.460 e. The first-order valence-corrected chi connectivity index (χ1v) is 9.32. The van der Waals surface area contributed by atoms with Gasteiger partial charge in [-0.25, -0.2) is 4.79 Å². The van der Waals surface area contributed by atoms with Crippen LogP contribution in [0.5, 0.6) is 0 Å². The first kappa shape index (κ1) is 22.7. The van der Waals surface area contributed by atoms with Gasteiger partial charge in [0.15, 0.2) is 0 Å². The van der Waals surface area contributed by atoms with Gasteiger partial charge in [-0.3, -0.25) is 9.69 Å². The van der Waals surface area contributed by atoms with Gasteiger partial charge in [0.1, 0.15) is 11.2 Å². The molecule has 1 aliphatic heterocycles. The highest BCUT2D eigenvalue weighted by Gasteiger charge is 2.58. The molecule has 0 saturated carbocycles. The predicted molar refractivity (Wildman–Crippen MR) is 103 cm³/mol. The minimum absolute atomic E-state index is 0.178. The van der Waals surface area contributed by atoms with E-state index in [1.165, 1.54) is 0 Å². The second kappa shape index (κ2) is 6.70. The Labute approximate surface area is 158 Å². The SMILES string of the molecule is CC(C)(C)OC(=O)N1C(C)(C)CC(CN)(C(=O)OC(C)(C)C)CC1(C)C. The Morgan fingerprint density at radius 3 is 1.58 bits per heavy atom. The van der Waals surface area contributed by atoms with Crippen LogP contribution in [0, 0.1) is 5.41 Å². The Kier molecular flexibility index (Phi) is 5.86. The molecule has 0 unspecified atom stereocenters. The van der Waals surface area contributed by atoms with E-state index < -0.39 is 27.7 Å². The van der Waals surface area contributed by atoms with E-state index in [1.807, 2.05) is 69.2 Å². The third-order valence-electron chi connectivity index (χ3n) is 4.55. The van der Waals surface area contributed by atoms with Crippen LogP contribution in [0.4, 0.5) is 4.79 Å². The lowest BCUT2D eigenvalue weighted by Crippen LogP contribution is -2.68. The van der Waals surface area contributed by atoms with Crippen molar-refractivity contribution in [3.8, 4) is 0 Å². The number of nitrogens with zero attached hydrogens (tertiary/aromatic N) is 1. The smallest absolute Gasteiger partial charge is 0.411 e. The summed E-state index contributed by atoms with van der Waals surface area (Å²) < 4.78 is 11.3. The van der Waals surface area contributed by atoms with Crippen LogP contribution in [-0.2, 0) is 14.3 Å². The summed E-state index contributed by atoms with van der Waals surface area (Å²) in [7, 11) is 0. The van der Waals surface area contributed by atoms with E-state index in [1.54, 1.807) is 4.90 Å². The summed E-state index contributed by atoms with van der Waals surface area (Å²) in [4.78, 5) is 27.7. The van der Waals surface area contributed by atoms with Gasteiger partial charge in [-0.15, -0.1) is 0 Å². The number of likely N-dealkylation sites (tertiary alicyclic amines) is 1. The van der Waals surface area contributed by atoms with Gasteiger partial charge < -0.3 is 15.2 Å². The standard InChI is InChI=1S/C20H38N2O4/c1-16(2,3)25-14(23)20(13-21)11-18(7,8)22(19(9,10)12-20)15(24)26-17(4,5)6/h11-13,21H2,1-10H3. The molecule has 0 aromatic heterocycles. The van der Waals surface area contributed by atoms with Crippen LogP contribution in [0.1, 0.15) is 82.1 Å². The minimum Gasteiger partial charge on any atom is -0.460 e. The number of rotatable bonds is 2. The van der Waals surface area contributed by atoms with Gasteiger partial charge in [0.25, 0.3) is 0 Å². The highest BCUT2D eigenvalue weighted by atomic mass is 16.6. The normalized spacial score (nSPS) is 21.9. The summed E-state index contributed by atoms with van der Waals surface area (Å²) in [6.07, 6.45) is 0.477. The predicted octanol–water partition coefficient (Wildman–Crippen LogP) is 3.86. The Balaban J connectivity index is 3.26. The molecule has 0 spiro atoms. The van der Waals surface area contributed by atoms with Crippen molar-refractivity contribution in [3.05, 3.63) is 0 Å². The Morgan fingerprint density at radius 2 is 1.27 bits per heavy atom. The van der Waals surface area contributed by atoms with Crippen molar-refractivity contribution in [1.29, 1.82) is 0 Å². The summed E-state index contributed by atoms with van der Waals surface area (Å²) in [6.45, 7) is 19.1. The molecule has 1 rings (SSSR count). The van der Waals surface area contributed by atoms with Crippen LogP contribution in [0.25, 0.3) is 0 Å². The van der Waals surface area contributed by atoms with Crippen LogP contribution in [0.2, 0.25) is 0 Å². The van der Waals surface area contributed by atoms with E-state index in [4.69, 9.17) is 15.2 Å². The highest BCUT2D eigenvalue weighted by Crippen LogP contribution is 2.49. The third kappa shape index (κ3) is 5.12. The molecule has 6 nitrogen and oxygen atoms in total. The average Bonchev–Trinajstić information content (AvgIpc) is 2.30. The Hall–Kier alpha value is -1.30. The fourth-order valence-electron chi connectivity index (χ4n) is 4.26. The number of nitrogens with two attached hydrogens (primary N) is 1. The highest BCUT2D eigenvalue weighted by molar-refractivity contribution is 5.79. The number of piperidine rings is 1.